The number of nitrogen functional groups attached to an aromatic ring is 1. The van der Waals surface area contributed by atoms with Gasteiger partial charge in [0.05, 0.1) is 15.2 Å². The number of aromatic nitrogens is 3. The van der Waals surface area contributed by atoms with Crippen LogP contribution in [0.1, 0.15) is 19.8 Å². The lowest BCUT2D eigenvalue weighted by molar-refractivity contribution is 0.199. The molecule has 0 bridgehead atoms. The summed E-state index contributed by atoms with van der Waals surface area (Å²) in [6, 6.07) is 7.48. The molecule has 2 aromatic heterocycles. The molecule has 1 atom stereocenters. The zero-order chi connectivity index (χ0) is 24.9. The Morgan fingerprint density at radius 3 is 2.81 bits per heavy atom. The second kappa shape index (κ2) is 9.26. The summed E-state index contributed by atoms with van der Waals surface area (Å²) in [6.45, 7) is 6.58. The summed E-state index contributed by atoms with van der Waals surface area (Å²) in [5, 5.41) is 8.08. The highest BCUT2D eigenvalue weighted by molar-refractivity contribution is 7.22. The minimum absolute atomic E-state index is 0.155. The van der Waals surface area contributed by atoms with E-state index in [0.29, 0.717) is 34.0 Å². The lowest BCUT2D eigenvalue weighted by Gasteiger charge is -2.30. The molecule has 4 aromatic rings. The minimum atomic E-state index is -0.523. The molecule has 0 saturated carbocycles. The third-order valence-electron chi connectivity index (χ3n) is 6.94. The summed E-state index contributed by atoms with van der Waals surface area (Å²) in [7, 11) is 0. The van der Waals surface area contributed by atoms with Crippen molar-refractivity contribution in [3.05, 3.63) is 35.1 Å². The van der Waals surface area contributed by atoms with Gasteiger partial charge in [0.2, 0.25) is 0 Å². The molecule has 36 heavy (non-hydrogen) atoms. The van der Waals surface area contributed by atoms with Gasteiger partial charge >= 0.3 is 6.01 Å². The Hall–Kier alpha value is -2.79. The van der Waals surface area contributed by atoms with E-state index in [0.717, 1.165) is 50.3 Å². The minimum Gasteiger partial charge on any atom is -0.461 e. The molecule has 4 heterocycles. The number of halogens is 2. The summed E-state index contributed by atoms with van der Waals surface area (Å²) in [5.41, 5.74) is 7.42. The first-order valence-corrected chi connectivity index (χ1v) is 13.3. The van der Waals surface area contributed by atoms with Crippen LogP contribution in [0, 0.1) is 5.82 Å². The van der Waals surface area contributed by atoms with Crippen molar-refractivity contribution in [1.29, 1.82) is 0 Å². The number of rotatable bonds is 5. The van der Waals surface area contributed by atoms with Crippen molar-refractivity contribution in [1.82, 2.24) is 25.6 Å². The first-order chi connectivity index (χ1) is 17.4. The monoisotopic (exact) mass is 527 g/mol. The van der Waals surface area contributed by atoms with Gasteiger partial charge in [-0.1, -0.05) is 35.1 Å². The largest absolute Gasteiger partial charge is 0.461 e. The van der Waals surface area contributed by atoms with Crippen LogP contribution < -0.4 is 26.0 Å². The number of nitrogens with one attached hydrogen (secondary N) is 2. The van der Waals surface area contributed by atoms with Crippen molar-refractivity contribution >= 4 is 55.0 Å². The molecule has 0 amide bonds. The van der Waals surface area contributed by atoms with Crippen LogP contribution in [-0.4, -0.2) is 59.8 Å². The Morgan fingerprint density at radius 1 is 1.19 bits per heavy atom. The van der Waals surface area contributed by atoms with Gasteiger partial charge in [-0.05, 0) is 38.4 Å². The van der Waals surface area contributed by atoms with E-state index in [1.807, 2.05) is 12.1 Å². The van der Waals surface area contributed by atoms with Gasteiger partial charge in [-0.2, -0.15) is 9.97 Å². The van der Waals surface area contributed by atoms with Crippen LogP contribution in [0.3, 0.4) is 0 Å². The first kappa shape index (κ1) is 23.6. The molecule has 2 aliphatic heterocycles. The van der Waals surface area contributed by atoms with Gasteiger partial charge in [-0.15, -0.1) is 0 Å². The number of ether oxygens (including phenoxy) is 1. The molecule has 6 rings (SSSR count). The number of piperazine rings is 1. The third kappa shape index (κ3) is 4.21. The van der Waals surface area contributed by atoms with Crippen LogP contribution in [0.4, 0.5) is 15.3 Å². The van der Waals surface area contributed by atoms with Crippen LogP contribution >= 0.6 is 22.9 Å². The van der Waals surface area contributed by atoms with E-state index in [2.05, 4.69) is 32.4 Å². The predicted octanol–water partition coefficient (Wildman–Crippen LogP) is 4.21. The maximum Gasteiger partial charge on any atom is 0.319 e. The van der Waals surface area contributed by atoms with E-state index < -0.39 is 5.82 Å². The number of nitrogens with two attached hydrogens (primary N) is 1. The second-order valence-corrected chi connectivity index (χ2v) is 11.1. The van der Waals surface area contributed by atoms with Gasteiger partial charge in [0.1, 0.15) is 17.9 Å². The van der Waals surface area contributed by atoms with E-state index in [9.17, 15) is 0 Å². The zero-order valence-electron chi connectivity index (χ0n) is 19.9. The van der Waals surface area contributed by atoms with Gasteiger partial charge in [0.25, 0.3) is 0 Å². The van der Waals surface area contributed by atoms with Crippen molar-refractivity contribution in [2.45, 2.75) is 25.3 Å². The van der Waals surface area contributed by atoms with Crippen LogP contribution in [0.5, 0.6) is 6.01 Å². The third-order valence-corrected chi connectivity index (χ3v) is 8.09. The molecule has 2 fully saturated rings. The molecule has 8 nitrogen and oxygen atoms in total. The van der Waals surface area contributed by atoms with Gasteiger partial charge in [-0.25, -0.2) is 9.37 Å². The van der Waals surface area contributed by atoms with Gasteiger partial charge < -0.3 is 26.0 Å². The standard InChI is InChI=1S/C25H27ClFN7OS/c1-25(6-3-7-30-25)13-35-24-32-21-15(22(33-24)34-10-8-29-9-11-34)12-16(26)18(19(21)27)14-4-2-5-17-20(14)31-23(28)36-17/h2,4-5,12,29-30H,3,6-11,13H2,1H3,(H2,28,31). The van der Waals surface area contributed by atoms with Crippen LogP contribution in [0.15, 0.2) is 24.3 Å². The predicted molar refractivity (Wildman–Crippen MR) is 144 cm³/mol. The number of anilines is 2. The quantitative estimate of drug-likeness (QED) is 0.355. The Kier molecular flexibility index (Phi) is 6.07. The maximum atomic E-state index is 16.4. The summed E-state index contributed by atoms with van der Waals surface area (Å²) >= 11 is 8.10. The highest BCUT2D eigenvalue weighted by atomic mass is 35.5. The van der Waals surface area contributed by atoms with Crippen molar-refractivity contribution in [3.8, 4) is 17.1 Å². The smallest absolute Gasteiger partial charge is 0.319 e. The van der Waals surface area contributed by atoms with Crippen LogP contribution in [0.2, 0.25) is 5.02 Å². The fraction of sp³-hybridized carbons (Fsp3) is 0.400. The summed E-state index contributed by atoms with van der Waals surface area (Å²) in [6.07, 6.45) is 2.09. The summed E-state index contributed by atoms with van der Waals surface area (Å²) < 4.78 is 23.3. The van der Waals surface area contributed by atoms with Crippen molar-refractivity contribution < 1.29 is 9.13 Å². The Bertz CT molecular complexity index is 1450. The van der Waals surface area contributed by atoms with Crippen molar-refractivity contribution in [2.24, 2.45) is 0 Å². The summed E-state index contributed by atoms with van der Waals surface area (Å²) in [5.74, 6) is 0.106. The molecule has 0 radical (unpaired) electrons. The molecule has 2 aliphatic rings. The molecule has 4 N–H and O–H groups in total. The normalized spacial score (nSPS) is 20.5. The lowest BCUT2D eigenvalue weighted by Crippen LogP contribution is -2.44. The maximum absolute atomic E-state index is 16.4. The molecule has 0 aliphatic carbocycles. The Morgan fingerprint density at radius 2 is 2.03 bits per heavy atom. The SMILES string of the molecule is CC1(COc2nc(N3CCNCC3)c3cc(Cl)c(-c4cccc5sc(N)nc45)c(F)c3n2)CCCN1. The fourth-order valence-electron chi connectivity index (χ4n) is 5.06. The van der Waals surface area contributed by atoms with Crippen molar-refractivity contribution in [2.75, 3.05) is 50.0 Å². The second-order valence-electron chi connectivity index (χ2n) is 9.59. The topological polar surface area (TPSA) is 101 Å². The lowest BCUT2D eigenvalue weighted by atomic mass is 10.0. The molecule has 2 aromatic carbocycles. The Labute approximate surface area is 217 Å². The average Bonchev–Trinajstić information content (AvgIpc) is 3.48. The number of thiazole rings is 1. The molecular formula is C25H27ClFN7OS. The van der Waals surface area contributed by atoms with E-state index >= 15 is 4.39 Å². The Balaban J connectivity index is 1.51. The van der Waals surface area contributed by atoms with Crippen LogP contribution in [0.25, 0.3) is 32.2 Å². The van der Waals surface area contributed by atoms with E-state index in [1.165, 1.54) is 11.3 Å². The molecular weight excluding hydrogens is 501 g/mol. The number of benzene rings is 2. The highest BCUT2D eigenvalue weighted by Crippen LogP contribution is 2.42. The van der Waals surface area contributed by atoms with E-state index in [-0.39, 0.29) is 27.7 Å². The molecule has 11 heteroatoms. The molecule has 0 spiro atoms. The van der Waals surface area contributed by atoms with Gasteiger partial charge in [0.15, 0.2) is 10.9 Å². The highest BCUT2D eigenvalue weighted by Gasteiger charge is 2.30. The first-order valence-electron chi connectivity index (χ1n) is 12.1. The number of para-hydroxylation sites is 1. The summed E-state index contributed by atoms with van der Waals surface area (Å²) in [4.78, 5) is 15.9. The van der Waals surface area contributed by atoms with E-state index in [4.69, 9.17) is 27.1 Å². The zero-order valence-corrected chi connectivity index (χ0v) is 21.5. The number of hydrogen-bond donors (Lipinski definition) is 3. The van der Waals surface area contributed by atoms with E-state index in [1.54, 1.807) is 12.1 Å². The number of nitrogens with zero attached hydrogens (tertiary/aromatic N) is 4. The number of fused-ring (bicyclic) bond motifs is 2. The fourth-order valence-corrected chi connectivity index (χ4v) is 6.12. The number of hydrogen-bond acceptors (Lipinski definition) is 9. The van der Waals surface area contributed by atoms with Gasteiger partial charge in [0, 0.05) is 48.2 Å². The average molecular weight is 528 g/mol. The van der Waals surface area contributed by atoms with Gasteiger partial charge in [-0.3, -0.25) is 0 Å². The molecule has 2 saturated heterocycles. The van der Waals surface area contributed by atoms with Crippen LogP contribution in [-0.2, 0) is 0 Å². The molecule has 1 unspecified atom stereocenters. The van der Waals surface area contributed by atoms with Crippen molar-refractivity contribution in [3.63, 3.8) is 0 Å². The molecule has 188 valence electrons.